The second-order valence-electron chi connectivity index (χ2n) is 9.97. The molecular formula is C23H39N9O8S2. The van der Waals surface area contributed by atoms with Crippen LogP contribution in [0.1, 0.15) is 47.0 Å². The average molecular weight is 634 g/mol. The highest BCUT2D eigenvalue weighted by atomic mass is 33.1. The molecule has 6 amide bonds. The molecule has 1 aliphatic rings. The van der Waals surface area contributed by atoms with Crippen LogP contribution >= 0.6 is 21.6 Å². The summed E-state index contributed by atoms with van der Waals surface area (Å²) in [5, 5.41) is 21.5. The van der Waals surface area contributed by atoms with Crippen molar-refractivity contribution in [1.29, 1.82) is 0 Å². The molecule has 0 aromatic rings. The Kier molecular flexibility index (Phi) is 14.4. The molecule has 12 N–H and O–H groups in total. The van der Waals surface area contributed by atoms with Gasteiger partial charge in [-0.1, -0.05) is 21.6 Å². The van der Waals surface area contributed by atoms with E-state index in [9.17, 15) is 38.7 Å². The van der Waals surface area contributed by atoms with E-state index in [1.807, 2.05) is 0 Å². The molecule has 1 saturated heterocycles. The Bertz CT molecular complexity index is 1080. The van der Waals surface area contributed by atoms with Crippen LogP contribution in [-0.2, 0) is 33.6 Å². The normalized spacial score (nSPS) is 25.9. The number of guanidine groups is 1. The van der Waals surface area contributed by atoms with Crippen molar-refractivity contribution in [3.8, 4) is 0 Å². The van der Waals surface area contributed by atoms with Gasteiger partial charge in [0.25, 0.3) is 0 Å². The van der Waals surface area contributed by atoms with Crippen molar-refractivity contribution in [1.82, 2.24) is 26.6 Å². The fourth-order valence-corrected chi connectivity index (χ4v) is 6.49. The molecule has 0 bridgehead atoms. The van der Waals surface area contributed by atoms with Crippen LogP contribution in [0, 0.1) is 0 Å². The summed E-state index contributed by atoms with van der Waals surface area (Å²) >= 11 is 0. The second-order valence-corrected chi connectivity index (χ2v) is 13.0. The van der Waals surface area contributed by atoms with Gasteiger partial charge in [0.15, 0.2) is 5.96 Å². The zero-order valence-corrected chi connectivity index (χ0v) is 25.4. The monoisotopic (exact) mass is 633 g/mol. The highest BCUT2D eigenvalue weighted by molar-refractivity contribution is 8.77. The molecule has 1 aliphatic heterocycles. The maximum Gasteiger partial charge on any atom is 0.305 e. The number of carbonyl (C=O) groups excluding carboxylic acids is 6. The minimum absolute atomic E-state index is 0.0145. The minimum atomic E-state index is -1.61. The minimum Gasteiger partial charge on any atom is -0.481 e. The number of aliphatic imine (C=N–C) groups is 1. The highest BCUT2D eigenvalue weighted by Crippen LogP contribution is 2.38. The fourth-order valence-electron chi connectivity index (χ4n) is 3.67. The topological polar surface area (TPSA) is 290 Å². The van der Waals surface area contributed by atoms with Crippen LogP contribution in [0.4, 0.5) is 0 Å². The summed E-state index contributed by atoms with van der Waals surface area (Å²) in [4.78, 5) is 91.7. The number of primary amides is 1. The predicted molar refractivity (Wildman–Crippen MR) is 156 cm³/mol. The van der Waals surface area contributed by atoms with E-state index in [1.54, 1.807) is 13.8 Å². The quantitative estimate of drug-likeness (QED) is 0.0548. The molecular weight excluding hydrogens is 594 g/mol. The van der Waals surface area contributed by atoms with Gasteiger partial charge in [0.05, 0.1) is 6.42 Å². The molecule has 0 saturated carbocycles. The molecule has 5 atom stereocenters. The van der Waals surface area contributed by atoms with Crippen LogP contribution in [0.5, 0.6) is 0 Å². The van der Waals surface area contributed by atoms with Crippen LogP contribution in [0.3, 0.4) is 0 Å². The van der Waals surface area contributed by atoms with E-state index in [4.69, 9.17) is 17.2 Å². The first kappa shape index (κ1) is 36.3. The van der Waals surface area contributed by atoms with E-state index in [0.29, 0.717) is 0 Å². The van der Waals surface area contributed by atoms with Crippen LogP contribution in [0.15, 0.2) is 4.99 Å². The van der Waals surface area contributed by atoms with Crippen LogP contribution in [0.2, 0.25) is 0 Å². The molecule has 0 aromatic carbocycles. The number of nitrogens with zero attached hydrogens (tertiary/aromatic N) is 1. The van der Waals surface area contributed by atoms with E-state index in [1.165, 1.54) is 13.8 Å². The zero-order valence-electron chi connectivity index (χ0n) is 23.7. The lowest BCUT2D eigenvalue weighted by molar-refractivity contribution is -0.141. The van der Waals surface area contributed by atoms with Gasteiger partial charge < -0.3 is 48.9 Å². The lowest BCUT2D eigenvalue weighted by atomic mass is 10.0. The number of amides is 6. The first-order chi connectivity index (χ1) is 19.4. The molecule has 236 valence electrons. The van der Waals surface area contributed by atoms with E-state index < -0.39 is 82.8 Å². The first-order valence-corrected chi connectivity index (χ1v) is 15.1. The third kappa shape index (κ3) is 12.4. The maximum atomic E-state index is 13.2. The lowest BCUT2D eigenvalue weighted by Crippen LogP contribution is -2.60. The van der Waals surface area contributed by atoms with Gasteiger partial charge >= 0.3 is 5.97 Å². The molecule has 0 spiro atoms. The number of hydrogen-bond donors (Lipinski definition) is 9. The molecule has 2 unspecified atom stereocenters. The standard InChI is InChI=1S/C23H39N9O8S2/c1-10-18(37)31-13(8-15(34)35)20(39)32-16(17(24)36)23(3,4)42-41-9-14(29-11(2)33)21(40)30-12(19(38)28-10)6-5-7-27-22(25)26/h10,12-14,16H,5-9H2,1-4H3,(H2,24,36)(H,28,38)(H,29,33)(H,30,40)(H,31,37)(H,32,39)(H,34,35)(H4,25,26,27)/t10-,12?,13?,14-,16+/m0/s1. The summed E-state index contributed by atoms with van der Waals surface area (Å²) < 4.78 is -1.10. The summed E-state index contributed by atoms with van der Waals surface area (Å²) in [6, 6.07) is -6.51. The van der Waals surface area contributed by atoms with Crippen molar-refractivity contribution < 1.29 is 38.7 Å². The SMILES string of the molecule is CC(=O)N[C@H]1CSSC(C)(C)[C@@H](C(N)=O)NC(=O)C(CC(=O)O)NC(=O)[C@H](C)NC(=O)C(CCCN=C(N)N)NC1=O. The second kappa shape index (κ2) is 16.6. The van der Waals surface area contributed by atoms with Crippen molar-refractivity contribution >= 4 is 69.0 Å². The van der Waals surface area contributed by atoms with Crippen LogP contribution < -0.4 is 43.8 Å². The molecule has 42 heavy (non-hydrogen) atoms. The third-order valence-corrected chi connectivity index (χ3v) is 9.11. The number of hydrogen-bond acceptors (Lipinski definition) is 10. The molecule has 1 heterocycles. The third-order valence-electron chi connectivity index (χ3n) is 5.81. The van der Waals surface area contributed by atoms with E-state index >= 15 is 0 Å². The molecule has 0 aromatic heterocycles. The van der Waals surface area contributed by atoms with Gasteiger partial charge in [-0.05, 0) is 33.6 Å². The molecule has 0 radical (unpaired) electrons. The van der Waals surface area contributed by atoms with E-state index in [2.05, 4.69) is 31.6 Å². The van der Waals surface area contributed by atoms with Gasteiger partial charge in [-0.15, -0.1) is 0 Å². The van der Waals surface area contributed by atoms with Crippen molar-refractivity contribution in [2.24, 2.45) is 22.2 Å². The van der Waals surface area contributed by atoms with Crippen LogP contribution in [0.25, 0.3) is 0 Å². The molecule has 19 heteroatoms. The Balaban J connectivity index is 3.46. The average Bonchev–Trinajstić information content (AvgIpc) is 2.85. The van der Waals surface area contributed by atoms with Gasteiger partial charge in [-0.25, -0.2) is 0 Å². The summed E-state index contributed by atoms with van der Waals surface area (Å²) in [5.41, 5.74) is 16.2. The van der Waals surface area contributed by atoms with Crippen molar-refractivity contribution in [3.63, 3.8) is 0 Å². The van der Waals surface area contributed by atoms with Crippen molar-refractivity contribution in [3.05, 3.63) is 0 Å². The summed E-state index contributed by atoms with van der Waals surface area (Å²) in [6.07, 6.45) is -0.515. The summed E-state index contributed by atoms with van der Waals surface area (Å²) in [7, 11) is 2.16. The van der Waals surface area contributed by atoms with Gasteiger partial charge in [-0.3, -0.25) is 38.6 Å². The Morgan fingerprint density at radius 2 is 1.57 bits per heavy atom. The molecule has 17 nitrogen and oxygen atoms in total. The van der Waals surface area contributed by atoms with Gasteiger partial charge in [0.1, 0.15) is 30.2 Å². The highest BCUT2D eigenvalue weighted by Gasteiger charge is 2.39. The number of aliphatic carboxylic acids is 1. The number of carbonyl (C=O) groups is 7. The Labute approximate surface area is 250 Å². The number of rotatable bonds is 8. The van der Waals surface area contributed by atoms with Gasteiger partial charge in [-0.2, -0.15) is 0 Å². The predicted octanol–water partition coefficient (Wildman–Crippen LogP) is -3.36. The largest absolute Gasteiger partial charge is 0.481 e. The van der Waals surface area contributed by atoms with Gasteiger partial charge in [0, 0.05) is 24.0 Å². The molecule has 1 rings (SSSR count). The fraction of sp³-hybridized carbons (Fsp3) is 0.652. The number of nitrogens with one attached hydrogen (secondary N) is 5. The number of carboxylic acids is 1. The van der Waals surface area contributed by atoms with Crippen molar-refractivity contribution in [2.75, 3.05) is 12.3 Å². The first-order valence-electron chi connectivity index (χ1n) is 12.8. The maximum absolute atomic E-state index is 13.2. The summed E-state index contributed by atoms with van der Waals surface area (Å²) in [5.74, 6) is -6.39. The smallest absolute Gasteiger partial charge is 0.305 e. The Morgan fingerprint density at radius 1 is 0.976 bits per heavy atom. The van der Waals surface area contributed by atoms with Gasteiger partial charge in [0.2, 0.25) is 35.4 Å². The van der Waals surface area contributed by atoms with E-state index in [0.717, 1.165) is 21.6 Å². The Morgan fingerprint density at radius 3 is 2.12 bits per heavy atom. The molecule has 0 aliphatic carbocycles. The zero-order chi connectivity index (χ0) is 32.2. The van der Waals surface area contributed by atoms with Crippen LogP contribution in [-0.4, -0.2) is 99.7 Å². The summed E-state index contributed by atoms with van der Waals surface area (Å²) in [6.45, 7) is 5.82. The molecule has 1 fully saturated rings. The Hall–Kier alpha value is -3.74. The number of nitrogens with two attached hydrogens (primary N) is 3. The number of carboxylic acid groups (broad SMARTS) is 1. The lowest BCUT2D eigenvalue weighted by Gasteiger charge is -2.33. The van der Waals surface area contributed by atoms with E-state index in [-0.39, 0.29) is 31.1 Å². The van der Waals surface area contributed by atoms with Crippen molar-refractivity contribution in [2.45, 2.75) is 81.9 Å².